The quantitative estimate of drug-likeness (QED) is 0.275. The number of furan rings is 1. The van der Waals surface area contributed by atoms with E-state index >= 15 is 0 Å². The summed E-state index contributed by atoms with van der Waals surface area (Å²) in [5.41, 5.74) is 1.01. The monoisotopic (exact) mass is 434 g/mol. The maximum absolute atomic E-state index is 13.0. The molecule has 0 atom stereocenters. The van der Waals surface area contributed by atoms with Gasteiger partial charge in [-0.3, -0.25) is 4.79 Å². The summed E-state index contributed by atoms with van der Waals surface area (Å²) in [4.78, 5) is 24.5. The van der Waals surface area contributed by atoms with E-state index in [1.807, 2.05) is 0 Å². The minimum Gasteiger partial charge on any atom is -0.508 e. The first-order valence-electron chi connectivity index (χ1n) is 9.84. The number of Topliss-reactive ketones (excluding diaryl/α,β-unsaturated/α-hetero) is 1. The normalized spacial score (nSPS) is 13.0. The zero-order chi connectivity index (χ0) is 22.9. The molecule has 4 aromatic rings. The molecule has 4 N–H and O–H groups in total. The van der Waals surface area contributed by atoms with Crippen molar-refractivity contribution in [2.45, 2.75) is 26.7 Å². The number of carbonyl (C=O) groups excluding carboxylic acids is 2. The third-order valence-electron chi connectivity index (χ3n) is 5.75. The number of ether oxygens (including phenoxy) is 1. The second-order valence-corrected chi connectivity index (χ2v) is 8.01. The number of phenols is 4. The maximum atomic E-state index is 13.0. The minimum absolute atomic E-state index is 0.0192. The zero-order valence-corrected chi connectivity index (χ0v) is 17.1. The molecule has 0 saturated carbocycles. The predicted molar refractivity (Wildman–Crippen MR) is 114 cm³/mol. The van der Waals surface area contributed by atoms with Crippen molar-refractivity contribution in [3.8, 4) is 28.7 Å². The molecular formula is C24H18O8. The van der Waals surface area contributed by atoms with Crippen LogP contribution in [0.1, 0.15) is 39.7 Å². The highest BCUT2D eigenvalue weighted by Gasteiger charge is 2.30. The van der Waals surface area contributed by atoms with Crippen LogP contribution in [0, 0.1) is 6.92 Å². The number of phenolic OH excluding ortho intramolecular Hbond substituents is 4. The molecule has 0 aliphatic carbocycles. The first kappa shape index (κ1) is 19.7. The van der Waals surface area contributed by atoms with E-state index in [0.29, 0.717) is 27.7 Å². The lowest BCUT2D eigenvalue weighted by atomic mass is 9.93. The highest BCUT2D eigenvalue weighted by Crippen LogP contribution is 2.46. The second-order valence-electron chi connectivity index (χ2n) is 8.01. The molecule has 0 amide bonds. The Balaban J connectivity index is 1.76. The Hall–Kier alpha value is -4.20. The number of benzene rings is 3. The van der Waals surface area contributed by atoms with E-state index in [0.717, 1.165) is 0 Å². The van der Waals surface area contributed by atoms with Crippen LogP contribution >= 0.6 is 0 Å². The lowest BCUT2D eigenvalue weighted by Crippen LogP contribution is -2.09. The number of aromatic hydroxyl groups is 4. The molecule has 8 nitrogen and oxygen atoms in total. The lowest BCUT2D eigenvalue weighted by molar-refractivity contribution is -0.116. The summed E-state index contributed by atoms with van der Waals surface area (Å²) in [6, 6.07) is 5.93. The van der Waals surface area contributed by atoms with Gasteiger partial charge < -0.3 is 29.6 Å². The second kappa shape index (κ2) is 6.65. The zero-order valence-electron chi connectivity index (χ0n) is 17.1. The van der Waals surface area contributed by atoms with Crippen molar-refractivity contribution in [2.24, 2.45) is 0 Å². The van der Waals surface area contributed by atoms with Gasteiger partial charge in [-0.15, -0.1) is 0 Å². The lowest BCUT2D eigenvalue weighted by Gasteiger charge is -2.13. The number of hydrogen-bond acceptors (Lipinski definition) is 8. The van der Waals surface area contributed by atoms with Crippen LogP contribution in [-0.2, 0) is 17.6 Å². The fourth-order valence-corrected chi connectivity index (χ4v) is 4.24. The van der Waals surface area contributed by atoms with Crippen molar-refractivity contribution < 1.29 is 39.2 Å². The van der Waals surface area contributed by atoms with Crippen molar-refractivity contribution in [3.63, 3.8) is 0 Å². The number of rotatable bonds is 2. The third kappa shape index (κ3) is 2.76. The van der Waals surface area contributed by atoms with Gasteiger partial charge in [0.1, 0.15) is 40.1 Å². The molecule has 5 rings (SSSR count). The molecule has 32 heavy (non-hydrogen) atoms. The number of hydrogen-bond donors (Lipinski definition) is 4. The number of ketones is 1. The average Bonchev–Trinajstić information content (AvgIpc) is 3.06. The van der Waals surface area contributed by atoms with Crippen molar-refractivity contribution in [2.75, 3.05) is 0 Å². The number of fused-ring (bicyclic) bond motifs is 5. The van der Waals surface area contributed by atoms with Crippen LogP contribution in [-0.4, -0.2) is 32.2 Å². The van der Waals surface area contributed by atoms with Crippen LogP contribution in [0.4, 0.5) is 0 Å². The number of esters is 1. The van der Waals surface area contributed by atoms with Crippen LogP contribution in [0.2, 0.25) is 0 Å². The summed E-state index contributed by atoms with van der Waals surface area (Å²) in [5.74, 6) is -1.62. The van der Waals surface area contributed by atoms with E-state index in [4.69, 9.17) is 9.15 Å². The van der Waals surface area contributed by atoms with Crippen molar-refractivity contribution >= 4 is 33.5 Å². The summed E-state index contributed by atoms with van der Waals surface area (Å²) in [6.45, 7) is 2.90. The van der Waals surface area contributed by atoms with Gasteiger partial charge in [0.05, 0.1) is 17.2 Å². The van der Waals surface area contributed by atoms with Crippen LogP contribution in [0.3, 0.4) is 0 Å². The molecule has 2 heterocycles. The van der Waals surface area contributed by atoms with Gasteiger partial charge in [-0.2, -0.15) is 0 Å². The molecule has 8 heteroatoms. The standard InChI is InChI=1S/C24H18O8/c1-9(25)3-14-8-15-22-13(7-17(27)23(15)31-14)5-11-4-12-6-16(26)10(2)20(28)18(12)21(29)19(11)24(30)32-22/h4,6-8,26-29H,3,5H2,1-2H3. The fourth-order valence-electron chi connectivity index (χ4n) is 4.24. The van der Waals surface area contributed by atoms with E-state index in [9.17, 15) is 30.0 Å². The van der Waals surface area contributed by atoms with Crippen LogP contribution in [0.25, 0.3) is 21.7 Å². The van der Waals surface area contributed by atoms with Gasteiger partial charge in [0.25, 0.3) is 0 Å². The Bertz CT molecular complexity index is 1490. The first-order valence-corrected chi connectivity index (χ1v) is 9.84. The van der Waals surface area contributed by atoms with Gasteiger partial charge in [0.2, 0.25) is 0 Å². The number of carbonyl (C=O) groups is 2. The molecule has 3 aromatic carbocycles. The molecule has 0 unspecified atom stereocenters. The largest absolute Gasteiger partial charge is 0.508 e. The Kier molecular flexibility index (Phi) is 4.10. The summed E-state index contributed by atoms with van der Waals surface area (Å²) < 4.78 is 11.2. The van der Waals surface area contributed by atoms with Crippen molar-refractivity contribution in [1.29, 1.82) is 0 Å². The average molecular weight is 434 g/mol. The van der Waals surface area contributed by atoms with Crippen LogP contribution in [0.5, 0.6) is 28.7 Å². The van der Waals surface area contributed by atoms with Gasteiger partial charge >= 0.3 is 5.97 Å². The SMILES string of the molecule is CC(=O)Cc1cc2c3c(cc(O)c2o1)Cc1cc2cc(O)c(C)c(O)c2c(O)c1C(=O)O3. The maximum Gasteiger partial charge on any atom is 0.347 e. The summed E-state index contributed by atoms with van der Waals surface area (Å²) in [5, 5.41) is 42.6. The smallest absolute Gasteiger partial charge is 0.347 e. The van der Waals surface area contributed by atoms with E-state index in [1.54, 1.807) is 12.1 Å². The van der Waals surface area contributed by atoms with Gasteiger partial charge in [0.15, 0.2) is 11.3 Å². The van der Waals surface area contributed by atoms with E-state index in [-0.39, 0.29) is 63.7 Å². The van der Waals surface area contributed by atoms with Gasteiger partial charge in [0, 0.05) is 17.5 Å². The fraction of sp³-hybridized carbons (Fsp3) is 0.167. The Morgan fingerprint density at radius 3 is 2.47 bits per heavy atom. The highest BCUT2D eigenvalue weighted by molar-refractivity contribution is 6.08. The molecule has 162 valence electrons. The topological polar surface area (TPSA) is 137 Å². The first-order chi connectivity index (χ1) is 15.2. The molecule has 0 spiro atoms. The van der Waals surface area contributed by atoms with Crippen molar-refractivity contribution in [1.82, 2.24) is 0 Å². The van der Waals surface area contributed by atoms with E-state index in [1.165, 1.54) is 26.0 Å². The molecule has 1 aliphatic rings. The van der Waals surface area contributed by atoms with Crippen LogP contribution < -0.4 is 4.74 Å². The van der Waals surface area contributed by atoms with Crippen molar-refractivity contribution in [3.05, 3.63) is 52.3 Å². The van der Waals surface area contributed by atoms with Gasteiger partial charge in [-0.25, -0.2) is 4.79 Å². The molecule has 0 saturated heterocycles. The molecule has 1 aromatic heterocycles. The molecule has 0 fully saturated rings. The summed E-state index contributed by atoms with van der Waals surface area (Å²) in [6.07, 6.45) is 0.136. The van der Waals surface area contributed by atoms with Gasteiger partial charge in [-0.1, -0.05) is 0 Å². The van der Waals surface area contributed by atoms with Gasteiger partial charge in [-0.05, 0) is 49.1 Å². The van der Waals surface area contributed by atoms with E-state index in [2.05, 4.69) is 0 Å². The highest BCUT2D eigenvalue weighted by atomic mass is 16.5. The molecular weight excluding hydrogens is 416 g/mol. The Morgan fingerprint density at radius 2 is 1.75 bits per heavy atom. The summed E-state index contributed by atoms with van der Waals surface area (Å²) in [7, 11) is 0. The van der Waals surface area contributed by atoms with Crippen LogP contribution in [0.15, 0.2) is 28.7 Å². The Labute approximate surface area is 180 Å². The predicted octanol–water partition coefficient (Wildman–Crippen LogP) is 3.97. The minimum atomic E-state index is -0.843. The molecule has 0 bridgehead atoms. The molecule has 1 aliphatic heterocycles. The van der Waals surface area contributed by atoms with E-state index < -0.39 is 11.7 Å². The molecule has 0 radical (unpaired) electrons. The summed E-state index contributed by atoms with van der Waals surface area (Å²) >= 11 is 0. The third-order valence-corrected chi connectivity index (χ3v) is 5.75. The Morgan fingerprint density at radius 1 is 1.00 bits per heavy atom.